The van der Waals surface area contributed by atoms with E-state index in [1.165, 1.54) is 9.80 Å². The highest BCUT2D eigenvalue weighted by Gasteiger charge is 2.20. The zero-order valence-corrected chi connectivity index (χ0v) is 12.4. The van der Waals surface area contributed by atoms with Crippen LogP contribution in [0.25, 0.3) is 0 Å². The average molecular weight is 301 g/mol. The third-order valence-electron chi connectivity index (χ3n) is 2.82. The maximum atomic E-state index is 14.0. The molecule has 0 aliphatic rings. The second-order valence-corrected chi connectivity index (χ2v) is 4.89. The first-order chi connectivity index (χ1) is 9.27. The minimum atomic E-state index is -0.791. The molecule has 1 aromatic rings. The Kier molecular flexibility index (Phi) is 5.38. The second-order valence-electron chi connectivity index (χ2n) is 4.46. The highest BCUT2D eigenvalue weighted by Crippen LogP contribution is 2.25. The van der Waals surface area contributed by atoms with Gasteiger partial charge < -0.3 is 15.5 Å². The number of benzene rings is 1. The van der Waals surface area contributed by atoms with Crippen LogP contribution in [-0.2, 0) is 4.79 Å². The molecule has 7 heteroatoms. The Balaban J connectivity index is 3.16. The monoisotopic (exact) mass is 301 g/mol. The average Bonchev–Trinajstić information content (AvgIpc) is 2.35. The smallest absolute Gasteiger partial charge is 0.241 e. The van der Waals surface area contributed by atoms with E-state index in [4.69, 9.17) is 18.0 Å². The summed E-state index contributed by atoms with van der Waals surface area (Å²) in [4.78, 5) is 14.3. The molecule has 2 N–H and O–H groups in total. The highest BCUT2D eigenvalue weighted by atomic mass is 32.1. The molecular weight excluding hydrogens is 284 g/mol. The summed E-state index contributed by atoms with van der Waals surface area (Å²) in [6.45, 7) is 1.90. The van der Waals surface area contributed by atoms with Crippen molar-refractivity contribution in [3.63, 3.8) is 0 Å². The zero-order valence-electron chi connectivity index (χ0n) is 11.6. The van der Waals surface area contributed by atoms with Crippen molar-refractivity contribution >= 4 is 28.8 Å². The zero-order chi connectivity index (χ0) is 15.4. The molecule has 110 valence electrons. The van der Waals surface area contributed by atoms with Gasteiger partial charge in [0.05, 0.1) is 6.54 Å². The molecule has 1 amide bonds. The predicted molar refractivity (Wildman–Crippen MR) is 78.8 cm³/mol. The lowest BCUT2D eigenvalue weighted by atomic mass is 10.1. The number of nitrogens with zero attached hydrogens (tertiary/aromatic N) is 2. The fourth-order valence-corrected chi connectivity index (χ4v) is 1.78. The highest BCUT2D eigenvalue weighted by molar-refractivity contribution is 7.80. The molecule has 0 unspecified atom stereocenters. The maximum absolute atomic E-state index is 14.0. The second kappa shape index (κ2) is 6.60. The number of rotatable bonds is 5. The molecule has 0 heterocycles. The van der Waals surface area contributed by atoms with Gasteiger partial charge in [-0.15, -0.1) is 0 Å². The maximum Gasteiger partial charge on any atom is 0.241 e. The SMILES string of the molecule is CCN(CC(=O)N(C)C)c1c(F)cc(C(N)=S)cc1F. The summed E-state index contributed by atoms with van der Waals surface area (Å²) in [5.41, 5.74) is 5.23. The van der Waals surface area contributed by atoms with E-state index in [0.717, 1.165) is 12.1 Å². The minimum absolute atomic E-state index is 0.0817. The first kappa shape index (κ1) is 16.3. The van der Waals surface area contributed by atoms with E-state index in [9.17, 15) is 13.6 Å². The van der Waals surface area contributed by atoms with Crippen molar-refractivity contribution in [1.82, 2.24) is 4.90 Å². The van der Waals surface area contributed by atoms with Crippen molar-refractivity contribution in [2.45, 2.75) is 6.92 Å². The molecule has 0 saturated heterocycles. The molecule has 0 radical (unpaired) electrons. The van der Waals surface area contributed by atoms with Gasteiger partial charge >= 0.3 is 0 Å². The standard InChI is InChI=1S/C13H17F2N3OS/c1-4-18(7-11(19)17(2)3)12-9(14)5-8(13(16)20)6-10(12)15/h5-6H,4,7H2,1-3H3,(H2,16,20). The van der Waals surface area contributed by atoms with Crippen LogP contribution in [0.5, 0.6) is 0 Å². The molecule has 20 heavy (non-hydrogen) atoms. The molecule has 0 aliphatic heterocycles. The molecule has 0 atom stereocenters. The fraction of sp³-hybridized carbons (Fsp3) is 0.385. The molecule has 1 rings (SSSR count). The Morgan fingerprint density at radius 3 is 2.15 bits per heavy atom. The van der Waals surface area contributed by atoms with Crippen LogP contribution in [0.2, 0.25) is 0 Å². The number of hydrogen-bond donors (Lipinski definition) is 1. The normalized spacial score (nSPS) is 10.2. The number of carbonyl (C=O) groups excluding carboxylic acids is 1. The molecule has 0 saturated carbocycles. The van der Waals surface area contributed by atoms with Crippen LogP contribution in [0.15, 0.2) is 12.1 Å². The molecule has 0 aromatic heterocycles. The number of thiocarbonyl (C=S) groups is 1. The van der Waals surface area contributed by atoms with E-state index >= 15 is 0 Å². The van der Waals surface area contributed by atoms with Gasteiger partial charge in [-0.25, -0.2) is 8.78 Å². The molecule has 4 nitrogen and oxygen atoms in total. The Hall–Kier alpha value is -1.76. The van der Waals surface area contributed by atoms with Gasteiger partial charge in [0.25, 0.3) is 0 Å². The lowest BCUT2D eigenvalue weighted by molar-refractivity contribution is -0.127. The van der Waals surface area contributed by atoms with E-state index in [2.05, 4.69) is 0 Å². The lowest BCUT2D eigenvalue weighted by Gasteiger charge is -2.25. The van der Waals surface area contributed by atoms with Crippen molar-refractivity contribution in [3.8, 4) is 0 Å². The summed E-state index contributed by atoms with van der Waals surface area (Å²) >= 11 is 4.69. The minimum Gasteiger partial charge on any atom is -0.389 e. The molecule has 0 aliphatic carbocycles. The third-order valence-corrected chi connectivity index (χ3v) is 3.06. The lowest BCUT2D eigenvalue weighted by Crippen LogP contribution is -2.37. The summed E-state index contributed by atoms with van der Waals surface area (Å²) in [7, 11) is 3.16. The van der Waals surface area contributed by atoms with Crippen LogP contribution in [0.1, 0.15) is 12.5 Å². The number of anilines is 1. The van der Waals surface area contributed by atoms with Crippen molar-refractivity contribution in [3.05, 3.63) is 29.3 Å². The summed E-state index contributed by atoms with van der Waals surface area (Å²) in [6.07, 6.45) is 0. The van der Waals surface area contributed by atoms with Crippen LogP contribution in [0.4, 0.5) is 14.5 Å². The summed E-state index contributed by atoms with van der Waals surface area (Å²) in [5.74, 6) is -1.83. The van der Waals surface area contributed by atoms with Gasteiger partial charge in [-0.05, 0) is 19.1 Å². The topological polar surface area (TPSA) is 49.6 Å². The van der Waals surface area contributed by atoms with E-state index in [0.29, 0.717) is 6.54 Å². The molecule has 0 bridgehead atoms. The van der Waals surface area contributed by atoms with Crippen LogP contribution in [-0.4, -0.2) is 43.0 Å². The first-order valence-electron chi connectivity index (χ1n) is 6.01. The largest absolute Gasteiger partial charge is 0.389 e. The van der Waals surface area contributed by atoms with Gasteiger partial charge in [-0.2, -0.15) is 0 Å². The summed E-state index contributed by atoms with van der Waals surface area (Å²) < 4.78 is 28.1. The number of nitrogens with two attached hydrogens (primary N) is 1. The summed E-state index contributed by atoms with van der Waals surface area (Å²) in [6, 6.07) is 2.15. The number of halogens is 2. The van der Waals surface area contributed by atoms with Crippen molar-refractivity contribution in [1.29, 1.82) is 0 Å². The fourth-order valence-electron chi connectivity index (χ4n) is 1.66. The predicted octanol–water partition coefficient (Wildman–Crippen LogP) is 1.51. The van der Waals surface area contributed by atoms with Gasteiger partial charge in [0.1, 0.15) is 22.3 Å². The van der Waals surface area contributed by atoms with Gasteiger partial charge in [0.2, 0.25) is 5.91 Å². The van der Waals surface area contributed by atoms with Crippen molar-refractivity contribution in [2.75, 3.05) is 32.1 Å². The number of amides is 1. The molecular formula is C13H17F2N3OS. The first-order valence-corrected chi connectivity index (χ1v) is 6.42. The van der Waals surface area contributed by atoms with E-state index < -0.39 is 11.6 Å². The molecule has 1 aromatic carbocycles. The number of carbonyl (C=O) groups is 1. The van der Waals surface area contributed by atoms with Crippen LogP contribution in [0, 0.1) is 11.6 Å². The Morgan fingerprint density at radius 1 is 1.30 bits per heavy atom. The van der Waals surface area contributed by atoms with Gasteiger partial charge in [0.15, 0.2) is 0 Å². The Labute approximate surface area is 122 Å². The Bertz CT molecular complexity index is 511. The van der Waals surface area contributed by atoms with E-state index in [1.54, 1.807) is 21.0 Å². The van der Waals surface area contributed by atoms with Gasteiger partial charge in [-0.1, -0.05) is 12.2 Å². The van der Waals surface area contributed by atoms with Crippen molar-refractivity contribution < 1.29 is 13.6 Å². The van der Waals surface area contributed by atoms with E-state index in [1.807, 2.05) is 0 Å². The molecule has 0 spiro atoms. The quantitative estimate of drug-likeness (QED) is 0.838. The van der Waals surface area contributed by atoms with Crippen molar-refractivity contribution in [2.24, 2.45) is 5.73 Å². The third kappa shape index (κ3) is 3.63. The van der Waals surface area contributed by atoms with Gasteiger partial charge in [0, 0.05) is 26.2 Å². The van der Waals surface area contributed by atoms with Crippen LogP contribution < -0.4 is 10.6 Å². The van der Waals surface area contributed by atoms with Crippen LogP contribution in [0.3, 0.4) is 0 Å². The number of likely N-dealkylation sites (N-methyl/N-ethyl adjacent to an activating group) is 2. The molecule has 0 fully saturated rings. The van der Waals surface area contributed by atoms with Gasteiger partial charge in [-0.3, -0.25) is 4.79 Å². The van der Waals surface area contributed by atoms with E-state index in [-0.39, 0.29) is 28.7 Å². The number of hydrogen-bond acceptors (Lipinski definition) is 3. The van der Waals surface area contributed by atoms with Crippen LogP contribution >= 0.6 is 12.2 Å². The summed E-state index contributed by atoms with van der Waals surface area (Å²) in [5, 5.41) is 0. The Morgan fingerprint density at radius 2 is 1.80 bits per heavy atom.